The lowest BCUT2D eigenvalue weighted by atomic mass is 10.2. The van der Waals surface area contributed by atoms with Crippen LogP contribution in [0.15, 0.2) is 24.3 Å². The Morgan fingerprint density at radius 1 is 0.700 bits per heavy atom. The van der Waals surface area contributed by atoms with Crippen molar-refractivity contribution in [1.29, 1.82) is 0 Å². The number of rotatable bonds is 12. The van der Waals surface area contributed by atoms with Crippen LogP contribution in [0.5, 0.6) is 34.5 Å². The first-order valence-corrected chi connectivity index (χ1v) is 10.7. The Morgan fingerprint density at radius 3 is 1.57 bits per heavy atom. The molecule has 2 aromatic carbocycles. The first kappa shape index (κ1) is 23.6. The third-order valence-electron chi connectivity index (χ3n) is 4.13. The Bertz CT molecular complexity index is 815. The van der Waals surface area contributed by atoms with E-state index < -0.39 is 0 Å². The van der Waals surface area contributed by atoms with E-state index in [1.165, 1.54) is 14.2 Å². The molecule has 0 heterocycles. The second-order valence-corrected chi connectivity index (χ2v) is 7.16. The van der Waals surface area contributed by atoms with Gasteiger partial charge in [-0.05, 0) is 29.4 Å². The van der Waals surface area contributed by atoms with Crippen molar-refractivity contribution < 1.29 is 33.2 Å². The molecule has 0 amide bonds. The highest BCUT2D eigenvalue weighted by atomic mass is 31.1. The molecule has 30 heavy (non-hydrogen) atoms. The smallest absolute Gasteiger partial charge is 0.193 e. The summed E-state index contributed by atoms with van der Waals surface area (Å²) in [4.78, 5) is 13.4. The number of hydrogen-bond donors (Lipinski definition) is 0. The number of methoxy groups -OCH3 is 3. The lowest BCUT2D eigenvalue weighted by Gasteiger charge is -2.18. The van der Waals surface area contributed by atoms with Crippen molar-refractivity contribution >= 4 is 19.4 Å². The molecule has 2 rings (SSSR count). The van der Waals surface area contributed by atoms with E-state index in [1.807, 2.05) is 20.8 Å². The fourth-order valence-electron chi connectivity index (χ4n) is 2.88. The number of carbonyl (C=O) groups excluding carboxylic acids is 1. The Morgan fingerprint density at radius 2 is 1.17 bits per heavy atom. The fraction of sp³-hybridized carbons (Fsp3) is 0.409. The monoisotopic (exact) mass is 436 g/mol. The van der Waals surface area contributed by atoms with Gasteiger partial charge in [-0.25, -0.2) is 0 Å². The molecule has 0 radical (unpaired) electrons. The van der Waals surface area contributed by atoms with Crippen molar-refractivity contribution in [2.24, 2.45) is 0 Å². The van der Waals surface area contributed by atoms with E-state index in [0.717, 1.165) is 0 Å². The third kappa shape index (κ3) is 5.48. The molecule has 0 aliphatic heterocycles. The van der Waals surface area contributed by atoms with E-state index in [-0.39, 0.29) is 14.1 Å². The van der Waals surface area contributed by atoms with Crippen molar-refractivity contribution in [3.63, 3.8) is 0 Å². The van der Waals surface area contributed by atoms with Gasteiger partial charge < -0.3 is 28.4 Å². The predicted molar refractivity (Wildman–Crippen MR) is 118 cm³/mol. The number of hydrogen-bond acceptors (Lipinski definition) is 7. The van der Waals surface area contributed by atoms with Gasteiger partial charge in [-0.1, -0.05) is 0 Å². The molecule has 7 nitrogen and oxygen atoms in total. The van der Waals surface area contributed by atoms with Gasteiger partial charge in [-0.2, -0.15) is 0 Å². The minimum Gasteiger partial charge on any atom is -0.496 e. The zero-order chi connectivity index (χ0) is 22.1. The maximum absolute atomic E-state index is 13.4. The molecular formula is C22H29O7P. The largest absolute Gasteiger partial charge is 0.496 e. The van der Waals surface area contributed by atoms with Crippen LogP contribution in [0.3, 0.4) is 0 Å². The average molecular weight is 436 g/mol. The highest BCUT2D eigenvalue weighted by Gasteiger charge is 2.24. The van der Waals surface area contributed by atoms with Gasteiger partial charge in [0.25, 0.3) is 0 Å². The van der Waals surface area contributed by atoms with Crippen LogP contribution in [0, 0.1) is 0 Å². The summed E-state index contributed by atoms with van der Waals surface area (Å²) >= 11 is 0. The van der Waals surface area contributed by atoms with Crippen LogP contribution in [0.2, 0.25) is 0 Å². The lowest BCUT2D eigenvalue weighted by Crippen LogP contribution is -2.13. The molecule has 0 aromatic heterocycles. The molecule has 1 unspecified atom stereocenters. The van der Waals surface area contributed by atoms with Crippen molar-refractivity contribution in [3.05, 3.63) is 29.8 Å². The molecule has 0 fully saturated rings. The van der Waals surface area contributed by atoms with Gasteiger partial charge in [0.1, 0.15) is 40.1 Å². The molecule has 0 bridgehead atoms. The van der Waals surface area contributed by atoms with Gasteiger partial charge in [-0.3, -0.25) is 4.79 Å². The molecule has 1 atom stereocenters. The molecule has 0 aliphatic carbocycles. The fourth-order valence-corrected chi connectivity index (χ4v) is 4.02. The highest BCUT2D eigenvalue weighted by molar-refractivity contribution is 7.66. The van der Waals surface area contributed by atoms with Crippen LogP contribution in [-0.4, -0.2) is 46.7 Å². The topological polar surface area (TPSA) is 72.5 Å². The van der Waals surface area contributed by atoms with E-state index in [0.29, 0.717) is 65.2 Å². The molecule has 2 aromatic rings. The van der Waals surface area contributed by atoms with Crippen LogP contribution >= 0.6 is 8.58 Å². The van der Waals surface area contributed by atoms with Crippen molar-refractivity contribution in [3.8, 4) is 34.5 Å². The summed E-state index contributed by atoms with van der Waals surface area (Å²) in [5.41, 5.74) is 0.176. The first-order chi connectivity index (χ1) is 14.5. The minimum absolute atomic E-state index is 0.169. The van der Waals surface area contributed by atoms with Gasteiger partial charge in [0.2, 0.25) is 0 Å². The maximum atomic E-state index is 13.4. The van der Waals surface area contributed by atoms with E-state index in [4.69, 9.17) is 28.4 Å². The zero-order valence-electron chi connectivity index (χ0n) is 18.3. The van der Waals surface area contributed by atoms with E-state index in [2.05, 4.69) is 0 Å². The standard InChI is InChI=1S/C22H29O7P/c1-7-27-15-12-18(28-8-2)21(19(13-15)29-9-3)30-22(23)20-16(25-5)10-14(24-4)11-17(20)26-6/h10-13,30H,7-9H2,1-6H3. The van der Waals surface area contributed by atoms with Gasteiger partial charge in [0, 0.05) is 24.3 Å². The SMILES string of the molecule is CCOc1cc(OCC)c(PC(=O)c2c(OC)cc(OC)cc2OC)c(OCC)c1. The lowest BCUT2D eigenvalue weighted by molar-refractivity contribution is 0.108. The molecule has 0 saturated carbocycles. The van der Waals surface area contributed by atoms with Gasteiger partial charge >= 0.3 is 0 Å². The molecule has 0 aliphatic rings. The Hall–Kier alpha value is -2.66. The Balaban J connectivity index is 2.54. The molecule has 0 spiro atoms. The summed E-state index contributed by atoms with van der Waals surface area (Å²) in [6.07, 6.45) is 0. The maximum Gasteiger partial charge on any atom is 0.193 e. The van der Waals surface area contributed by atoms with Gasteiger partial charge in [0.15, 0.2) is 5.52 Å². The Labute approximate surface area is 179 Å². The van der Waals surface area contributed by atoms with E-state index in [9.17, 15) is 4.79 Å². The van der Waals surface area contributed by atoms with E-state index >= 15 is 0 Å². The number of carbonyl (C=O) groups is 1. The second kappa shape index (κ2) is 11.5. The van der Waals surface area contributed by atoms with Gasteiger partial charge in [0.05, 0.1) is 46.5 Å². The molecular weight excluding hydrogens is 407 g/mol. The normalized spacial score (nSPS) is 10.7. The van der Waals surface area contributed by atoms with Crippen LogP contribution in [-0.2, 0) is 0 Å². The highest BCUT2D eigenvalue weighted by Crippen LogP contribution is 2.40. The van der Waals surface area contributed by atoms with E-state index in [1.54, 1.807) is 31.4 Å². The molecule has 0 N–H and O–H groups in total. The predicted octanol–water partition coefficient (Wildman–Crippen LogP) is 4.05. The van der Waals surface area contributed by atoms with Crippen LogP contribution in [0.25, 0.3) is 0 Å². The minimum atomic E-state index is -0.278. The quantitative estimate of drug-likeness (QED) is 0.465. The van der Waals surface area contributed by atoms with Gasteiger partial charge in [-0.15, -0.1) is 0 Å². The number of benzene rings is 2. The summed E-state index contributed by atoms with van der Waals surface area (Å²) in [5.74, 6) is 3.05. The van der Waals surface area contributed by atoms with Crippen LogP contribution in [0.1, 0.15) is 31.1 Å². The molecule has 164 valence electrons. The Kier molecular flexibility index (Phi) is 9.06. The zero-order valence-corrected chi connectivity index (χ0v) is 19.3. The number of ether oxygens (including phenoxy) is 6. The molecule has 8 heteroatoms. The summed E-state index contributed by atoms with van der Waals surface area (Å²) in [6, 6.07) is 6.89. The summed E-state index contributed by atoms with van der Waals surface area (Å²) < 4.78 is 33.4. The summed E-state index contributed by atoms with van der Waals surface area (Å²) in [5, 5.41) is 0.673. The first-order valence-electron chi connectivity index (χ1n) is 9.70. The van der Waals surface area contributed by atoms with Crippen LogP contribution in [0.4, 0.5) is 0 Å². The van der Waals surface area contributed by atoms with Crippen molar-refractivity contribution in [2.45, 2.75) is 20.8 Å². The van der Waals surface area contributed by atoms with Crippen molar-refractivity contribution in [1.82, 2.24) is 0 Å². The second-order valence-electron chi connectivity index (χ2n) is 5.95. The molecule has 0 saturated heterocycles. The third-order valence-corrected chi connectivity index (χ3v) is 5.35. The summed E-state index contributed by atoms with van der Waals surface area (Å²) in [7, 11) is 4.27. The van der Waals surface area contributed by atoms with Crippen LogP contribution < -0.4 is 33.7 Å². The average Bonchev–Trinajstić information content (AvgIpc) is 2.75. The van der Waals surface area contributed by atoms with Crippen molar-refractivity contribution in [2.75, 3.05) is 41.2 Å². The summed E-state index contributed by atoms with van der Waals surface area (Å²) in [6.45, 7) is 7.08.